The van der Waals surface area contributed by atoms with E-state index < -0.39 is 5.97 Å². The second-order valence-electron chi connectivity index (χ2n) is 5.10. The van der Waals surface area contributed by atoms with E-state index in [0.29, 0.717) is 6.42 Å². The SMILES string of the molecule is C[C@H]1CN(CCCC(=O)O)C[C@H](c2ccccc2)O1. The summed E-state index contributed by atoms with van der Waals surface area (Å²) in [6, 6.07) is 10.2. The van der Waals surface area contributed by atoms with Crippen molar-refractivity contribution in [3.63, 3.8) is 0 Å². The Kier molecular flexibility index (Phi) is 4.93. The zero-order valence-corrected chi connectivity index (χ0v) is 11.3. The van der Waals surface area contributed by atoms with Gasteiger partial charge < -0.3 is 9.84 Å². The van der Waals surface area contributed by atoms with Crippen LogP contribution >= 0.6 is 0 Å². The van der Waals surface area contributed by atoms with Crippen LogP contribution in [0.3, 0.4) is 0 Å². The second-order valence-corrected chi connectivity index (χ2v) is 5.10. The number of rotatable bonds is 5. The van der Waals surface area contributed by atoms with E-state index in [1.807, 2.05) is 18.2 Å². The lowest BCUT2D eigenvalue weighted by molar-refractivity contribution is -0.137. The molecule has 0 radical (unpaired) electrons. The number of carbonyl (C=O) groups is 1. The normalized spacial score (nSPS) is 24.3. The standard InChI is InChI=1S/C15H21NO3/c1-12-10-16(9-5-8-15(17)18)11-14(19-12)13-6-3-2-4-7-13/h2-4,6-7,12,14H,5,8-11H2,1H3,(H,17,18)/t12-,14+/m0/s1. The molecular weight excluding hydrogens is 242 g/mol. The highest BCUT2D eigenvalue weighted by Crippen LogP contribution is 2.25. The lowest BCUT2D eigenvalue weighted by Gasteiger charge is -2.37. The molecule has 1 aliphatic rings. The van der Waals surface area contributed by atoms with Gasteiger partial charge in [-0.25, -0.2) is 0 Å². The van der Waals surface area contributed by atoms with Gasteiger partial charge in [-0.3, -0.25) is 9.69 Å². The summed E-state index contributed by atoms with van der Waals surface area (Å²) < 4.78 is 5.97. The quantitative estimate of drug-likeness (QED) is 0.885. The average Bonchev–Trinajstić information content (AvgIpc) is 2.39. The van der Waals surface area contributed by atoms with Gasteiger partial charge in [-0.05, 0) is 25.5 Å². The van der Waals surface area contributed by atoms with Gasteiger partial charge in [0.25, 0.3) is 0 Å². The van der Waals surface area contributed by atoms with Crippen molar-refractivity contribution in [3.8, 4) is 0 Å². The summed E-state index contributed by atoms with van der Waals surface area (Å²) in [6.45, 7) is 4.61. The fourth-order valence-corrected chi connectivity index (χ4v) is 2.53. The molecule has 1 aromatic rings. The van der Waals surface area contributed by atoms with E-state index in [2.05, 4.69) is 24.0 Å². The molecule has 2 rings (SSSR count). The molecule has 4 nitrogen and oxygen atoms in total. The molecule has 0 unspecified atom stereocenters. The average molecular weight is 263 g/mol. The Morgan fingerprint density at radius 3 is 2.79 bits per heavy atom. The highest BCUT2D eigenvalue weighted by molar-refractivity contribution is 5.66. The summed E-state index contributed by atoms with van der Waals surface area (Å²) >= 11 is 0. The predicted octanol–water partition coefficient (Wildman–Crippen LogP) is 2.31. The highest BCUT2D eigenvalue weighted by Gasteiger charge is 2.25. The van der Waals surface area contributed by atoms with E-state index in [4.69, 9.17) is 9.84 Å². The molecule has 1 saturated heterocycles. The van der Waals surface area contributed by atoms with Crippen LogP contribution in [0.4, 0.5) is 0 Å². The highest BCUT2D eigenvalue weighted by atomic mass is 16.5. The number of benzene rings is 1. The Labute approximate surface area is 114 Å². The molecule has 0 aliphatic carbocycles. The summed E-state index contributed by atoms with van der Waals surface area (Å²) in [6.07, 6.45) is 1.21. The number of morpholine rings is 1. The van der Waals surface area contributed by atoms with Gasteiger partial charge >= 0.3 is 5.97 Å². The Morgan fingerprint density at radius 2 is 2.11 bits per heavy atom. The summed E-state index contributed by atoms with van der Waals surface area (Å²) in [5, 5.41) is 8.68. The number of nitrogens with zero attached hydrogens (tertiary/aromatic N) is 1. The summed E-state index contributed by atoms with van der Waals surface area (Å²) in [5.41, 5.74) is 1.19. The maximum Gasteiger partial charge on any atom is 0.303 e. The van der Waals surface area contributed by atoms with Crippen LogP contribution in [0.2, 0.25) is 0 Å². The Balaban J connectivity index is 1.90. The van der Waals surface area contributed by atoms with Crippen molar-refractivity contribution in [2.45, 2.75) is 32.0 Å². The Bertz CT molecular complexity index is 407. The first-order valence-electron chi connectivity index (χ1n) is 6.79. The second kappa shape index (κ2) is 6.68. The maximum atomic E-state index is 10.5. The van der Waals surface area contributed by atoms with E-state index in [1.54, 1.807) is 0 Å². The van der Waals surface area contributed by atoms with Gasteiger partial charge in [-0.1, -0.05) is 30.3 Å². The van der Waals surface area contributed by atoms with E-state index in [9.17, 15) is 4.79 Å². The van der Waals surface area contributed by atoms with Crippen LogP contribution < -0.4 is 0 Å². The molecule has 2 atom stereocenters. The maximum absolute atomic E-state index is 10.5. The summed E-state index contributed by atoms with van der Waals surface area (Å²) in [7, 11) is 0. The number of aliphatic carboxylic acids is 1. The van der Waals surface area contributed by atoms with Crippen LogP contribution in [-0.4, -0.2) is 41.7 Å². The van der Waals surface area contributed by atoms with Crippen LogP contribution in [0.15, 0.2) is 30.3 Å². The van der Waals surface area contributed by atoms with E-state index >= 15 is 0 Å². The Hall–Kier alpha value is -1.39. The van der Waals surface area contributed by atoms with Gasteiger partial charge in [0, 0.05) is 19.5 Å². The minimum atomic E-state index is -0.721. The number of hydrogen-bond donors (Lipinski definition) is 1. The first-order valence-corrected chi connectivity index (χ1v) is 6.79. The Morgan fingerprint density at radius 1 is 1.37 bits per heavy atom. The smallest absolute Gasteiger partial charge is 0.303 e. The van der Waals surface area contributed by atoms with Crippen molar-refractivity contribution in [2.24, 2.45) is 0 Å². The van der Waals surface area contributed by atoms with E-state index in [-0.39, 0.29) is 18.6 Å². The van der Waals surface area contributed by atoms with E-state index in [1.165, 1.54) is 5.56 Å². The number of ether oxygens (including phenoxy) is 1. The summed E-state index contributed by atoms with van der Waals surface area (Å²) in [5.74, 6) is -0.721. The van der Waals surface area contributed by atoms with Gasteiger partial charge in [0.2, 0.25) is 0 Å². The molecule has 1 fully saturated rings. The van der Waals surface area contributed by atoms with Gasteiger partial charge in [0.05, 0.1) is 12.2 Å². The molecule has 0 saturated carbocycles. The fraction of sp³-hybridized carbons (Fsp3) is 0.533. The minimum absolute atomic E-state index is 0.0924. The van der Waals surface area contributed by atoms with E-state index in [0.717, 1.165) is 19.6 Å². The van der Waals surface area contributed by atoms with Crippen LogP contribution in [-0.2, 0) is 9.53 Å². The van der Waals surface area contributed by atoms with Crippen LogP contribution in [0.5, 0.6) is 0 Å². The lowest BCUT2D eigenvalue weighted by Crippen LogP contribution is -2.43. The minimum Gasteiger partial charge on any atom is -0.481 e. The van der Waals surface area contributed by atoms with Crippen molar-refractivity contribution in [2.75, 3.05) is 19.6 Å². The molecule has 1 aromatic carbocycles. The monoisotopic (exact) mass is 263 g/mol. The number of carboxylic acid groups (broad SMARTS) is 1. The molecule has 19 heavy (non-hydrogen) atoms. The predicted molar refractivity (Wildman–Crippen MR) is 73.0 cm³/mol. The van der Waals surface area contributed by atoms with Gasteiger partial charge in [0.15, 0.2) is 0 Å². The topological polar surface area (TPSA) is 49.8 Å². The molecule has 0 amide bonds. The fourth-order valence-electron chi connectivity index (χ4n) is 2.53. The van der Waals surface area contributed by atoms with Crippen molar-refractivity contribution in [1.82, 2.24) is 4.90 Å². The lowest BCUT2D eigenvalue weighted by atomic mass is 10.1. The third-order valence-electron chi connectivity index (χ3n) is 3.37. The first-order chi connectivity index (χ1) is 9.15. The molecule has 0 bridgehead atoms. The van der Waals surface area contributed by atoms with Crippen LogP contribution in [0, 0.1) is 0 Å². The molecule has 1 N–H and O–H groups in total. The molecule has 4 heteroatoms. The molecule has 0 aromatic heterocycles. The van der Waals surface area contributed by atoms with Gasteiger partial charge in [-0.2, -0.15) is 0 Å². The van der Waals surface area contributed by atoms with Crippen LogP contribution in [0.1, 0.15) is 31.4 Å². The van der Waals surface area contributed by atoms with Crippen molar-refractivity contribution in [1.29, 1.82) is 0 Å². The zero-order chi connectivity index (χ0) is 13.7. The zero-order valence-electron chi connectivity index (χ0n) is 11.3. The number of carboxylic acids is 1. The van der Waals surface area contributed by atoms with Gasteiger partial charge in [-0.15, -0.1) is 0 Å². The van der Waals surface area contributed by atoms with Crippen molar-refractivity contribution < 1.29 is 14.6 Å². The number of hydrogen-bond acceptors (Lipinski definition) is 3. The van der Waals surface area contributed by atoms with Crippen LogP contribution in [0.25, 0.3) is 0 Å². The third-order valence-corrected chi connectivity index (χ3v) is 3.37. The first kappa shape index (κ1) is 14.0. The molecule has 104 valence electrons. The molecule has 0 spiro atoms. The van der Waals surface area contributed by atoms with Crippen molar-refractivity contribution >= 4 is 5.97 Å². The molecular formula is C15H21NO3. The molecule has 1 heterocycles. The molecule has 1 aliphatic heterocycles. The third kappa shape index (κ3) is 4.33. The van der Waals surface area contributed by atoms with Gasteiger partial charge in [0.1, 0.15) is 0 Å². The van der Waals surface area contributed by atoms with Crippen molar-refractivity contribution in [3.05, 3.63) is 35.9 Å². The summed E-state index contributed by atoms with van der Waals surface area (Å²) in [4.78, 5) is 12.8. The largest absolute Gasteiger partial charge is 0.481 e.